The molecule has 1 aliphatic heterocycles. The Morgan fingerprint density at radius 1 is 1.26 bits per heavy atom. The lowest BCUT2D eigenvalue weighted by atomic mass is 10.2. The molecule has 2 aromatic heterocycles. The molecule has 0 bridgehead atoms. The van der Waals surface area contributed by atoms with Gasteiger partial charge in [0, 0.05) is 31.4 Å². The number of hydrogen-bond acceptors (Lipinski definition) is 5. The molecule has 0 spiro atoms. The van der Waals surface area contributed by atoms with Gasteiger partial charge in [-0.1, -0.05) is 0 Å². The minimum Gasteiger partial charge on any atom is -0.503 e. The Bertz CT molecular complexity index is 698. The van der Waals surface area contributed by atoms with Crippen molar-refractivity contribution in [2.24, 2.45) is 0 Å². The first-order chi connectivity index (χ1) is 11.0. The van der Waals surface area contributed by atoms with E-state index in [0.717, 1.165) is 24.5 Å². The summed E-state index contributed by atoms with van der Waals surface area (Å²) in [6.07, 6.45) is 3.43. The van der Waals surface area contributed by atoms with Crippen molar-refractivity contribution in [2.75, 3.05) is 13.1 Å². The number of aromatic nitrogens is 1. The third kappa shape index (κ3) is 3.83. The third-order valence-electron chi connectivity index (χ3n) is 3.98. The van der Waals surface area contributed by atoms with Gasteiger partial charge in [-0.05, 0) is 26.0 Å². The Morgan fingerprint density at radius 3 is 2.65 bits per heavy atom. The van der Waals surface area contributed by atoms with E-state index < -0.39 is 0 Å². The first kappa shape index (κ1) is 15.8. The summed E-state index contributed by atoms with van der Waals surface area (Å²) in [5.41, 5.74) is 0.496. The van der Waals surface area contributed by atoms with E-state index in [2.05, 4.69) is 18.7 Å². The van der Waals surface area contributed by atoms with Crippen LogP contribution in [-0.4, -0.2) is 39.9 Å². The van der Waals surface area contributed by atoms with Gasteiger partial charge < -0.3 is 18.8 Å². The smallest absolute Gasteiger partial charge is 0.223 e. The minimum absolute atomic E-state index is 0.168. The van der Waals surface area contributed by atoms with Crippen molar-refractivity contribution in [3.63, 3.8) is 0 Å². The Morgan fingerprint density at radius 2 is 2.00 bits per heavy atom. The maximum atomic E-state index is 11.8. The van der Waals surface area contributed by atoms with Crippen LogP contribution in [0.15, 0.2) is 39.9 Å². The zero-order chi connectivity index (χ0) is 16.4. The second kappa shape index (κ2) is 6.60. The second-order valence-corrected chi connectivity index (χ2v) is 6.17. The number of hydrogen-bond donors (Lipinski definition) is 1. The van der Waals surface area contributed by atoms with E-state index in [0.29, 0.717) is 13.1 Å². The molecule has 0 saturated carbocycles. The highest BCUT2D eigenvalue weighted by atomic mass is 16.5. The zero-order valence-electron chi connectivity index (χ0n) is 13.4. The van der Waals surface area contributed by atoms with Crippen LogP contribution in [0.1, 0.15) is 25.3 Å². The fourth-order valence-corrected chi connectivity index (χ4v) is 3.10. The number of pyridine rings is 1. The maximum Gasteiger partial charge on any atom is 0.223 e. The van der Waals surface area contributed by atoms with Crippen LogP contribution < -0.4 is 5.43 Å². The quantitative estimate of drug-likeness (QED) is 0.931. The first-order valence-electron chi connectivity index (χ1n) is 7.84. The summed E-state index contributed by atoms with van der Waals surface area (Å²) in [5.74, 6) is 0.530. The number of ether oxygens (including phenoxy) is 1. The summed E-state index contributed by atoms with van der Waals surface area (Å²) in [4.78, 5) is 14.1. The van der Waals surface area contributed by atoms with Gasteiger partial charge in [0.25, 0.3) is 0 Å². The molecular formula is C17H22N2O4. The van der Waals surface area contributed by atoms with Gasteiger partial charge in [-0.25, -0.2) is 0 Å². The normalized spacial score (nSPS) is 22.3. The molecule has 2 unspecified atom stereocenters. The highest BCUT2D eigenvalue weighted by Crippen LogP contribution is 2.16. The van der Waals surface area contributed by atoms with E-state index in [1.165, 1.54) is 12.3 Å². The van der Waals surface area contributed by atoms with Crippen molar-refractivity contribution in [3.05, 3.63) is 52.3 Å². The van der Waals surface area contributed by atoms with E-state index in [1.54, 1.807) is 6.26 Å². The Hall–Kier alpha value is -2.05. The topological polar surface area (TPSA) is 67.8 Å². The SMILES string of the molecule is CC1CN(Cc2cc(=O)c(O)cn2Cc2ccco2)CC(C)O1. The van der Waals surface area contributed by atoms with Gasteiger partial charge in [0.2, 0.25) is 5.43 Å². The van der Waals surface area contributed by atoms with E-state index in [-0.39, 0.29) is 23.4 Å². The average molecular weight is 318 g/mol. The predicted octanol–water partition coefficient (Wildman–Crippen LogP) is 1.80. The van der Waals surface area contributed by atoms with Gasteiger partial charge in [0.05, 0.1) is 31.2 Å². The average Bonchev–Trinajstić information content (AvgIpc) is 2.96. The van der Waals surface area contributed by atoms with Crippen molar-refractivity contribution < 1.29 is 14.3 Å². The largest absolute Gasteiger partial charge is 0.503 e. The first-order valence-corrected chi connectivity index (χ1v) is 7.84. The molecule has 1 N–H and O–H groups in total. The zero-order valence-corrected chi connectivity index (χ0v) is 13.4. The van der Waals surface area contributed by atoms with Crippen LogP contribution in [0, 0.1) is 0 Å². The molecule has 3 heterocycles. The van der Waals surface area contributed by atoms with Crippen LogP contribution in [0.3, 0.4) is 0 Å². The van der Waals surface area contributed by atoms with Gasteiger partial charge in [0.15, 0.2) is 5.75 Å². The summed E-state index contributed by atoms with van der Waals surface area (Å²) in [5, 5.41) is 9.75. The molecule has 6 heteroatoms. The fraction of sp³-hybridized carbons (Fsp3) is 0.471. The van der Waals surface area contributed by atoms with E-state index >= 15 is 0 Å². The molecule has 23 heavy (non-hydrogen) atoms. The van der Waals surface area contributed by atoms with Gasteiger partial charge in [0.1, 0.15) is 5.76 Å². The predicted molar refractivity (Wildman–Crippen MR) is 85.5 cm³/mol. The van der Waals surface area contributed by atoms with Crippen molar-refractivity contribution in [1.82, 2.24) is 9.47 Å². The molecule has 0 aliphatic carbocycles. The summed E-state index contributed by atoms with van der Waals surface area (Å²) >= 11 is 0. The Balaban J connectivity index is 1.85. The van der Waals surface area contributed by atoms with E-state index in [9.17, 15) is 9.90 Å². The van der Waals surface area contributed by atoms with Crippen LogP contribution in [0.4, 0.5) is 0 Å². The van der Waals surface area contributed by atoms with Crippen molar-refractivity contribution in [3.8, 4) is 5.75 Å². The standard InChI is InChI=1S/C17H22N2O4/c1-12-7-18(8-13(2)23-12)9-14-6-16(20)17(21)11-19(14)10-15-4-3-5-22-15/h3-6,11-13,21H,7-10H2,1-2H3. The lowest BCUT2D eigenvalue weighted by Crippen LogP contribution is -2.45. The molecule has 124 valence electrons. The number of nitrogens with zero attached hydrogens (tertiary/aromatic N) is 2. The molecule has 3 rings (SSSR count). The molecule has 0 aromatic carbocycles. The molecule has 0 radical (unpaired) electrons. The monoisotopic (exact) mass is 318 g/mol. The lowest BCUT2D eigenvalue weighted by molar-refractivity contribution is -0.0710. The maximum absolute atomic E-state index is 11.8. The van der Waals surface area contributed by atoms with Gasteiger partial charge >= 0.3 is 0 Å². The molecule has 1 saturated heterocycles. The van der Waals surface area contributed by atoms with Crippen LogP contribution in [0.2, 0.25) is 0 Å². The van der Waals surface area contributed by atoms with Gasteiger partial charge in [-0.15, -0.1) is 0 Å². The van der Waals surface area contributed by atoms with Crippen molar-refractivity contribution in [1.29, 1.82) is 0 Å². The van der Waals surface area contributed by atoms with Crippen LogP contribution in [-0.2, 0) is 17.8 Å². The molecular weight excluding hydrogens is 296 g/mol. The number of aromatic hydroxyl groups is 1. The van der Waals surface area contributed by atoms with Crippen molar-refractivity contribution >= 4 is 0 Å². The molecule has 0 amide bonds. The Labute approximate surface area is 134 Å². The summed E-state index contributed by atoms with van der Waals surface area (Å²) < 4.78 is 13.0. The fourth-order valence-electron chi connectivity index (χ4n) is 3.10. The number of rotatable bonds is 4. The highest BCUT2D eigenvalue weighted by molar-refractivity contribution is 5.21. The molecule has 1 fully saturated rings. The third-order valence-corrected chi connectivity index (χ3v) is 3.98. The highest BCUT2D eigenvalue weighted by Gasteiger charge is 2.23. The number of morpholine rings is 1. The van der Waals surface area contributed by atoms with Crippen molar-refractivity contribution in [2.45, 2.75) is 39.1 Å². The second-order valence-electron chi connectivity index (χ2n) is 6.17. The molecule has 2 atom stereocenters. The van der Waals surface area contributed by atoms with E-state index in [4.69, 9.17) is 9.15 Å². The lowest BCUT2D eigenvalue weighted by Gasteiger charge is -2.35. The van der Waals surface area contributed by atoms with Crippen LogP contribution >= 0.6 is 0 Å². The van der Waals surface area contributed by atoms with Gasteiger partial charge in [-0.2, -0.15) is 0 Å². The van der Waals surface area contributed by atoms with E-state index in [1.807, 2.05) is 16.7 Å². The summed E-state index contributed by atoms with van der Waals surface area (Å²) in [7, 11) is 0. The minimum atomic E-state index is -0.356. The van der Waals surface area contributed by atoms with Crippen LogP contribution in [0.5, 0.6) is 5.75 Å². The summed E-state index contributed by atoms with van der Waals surface area (Å²) in [6, 6.07) is 5.20. The Kier molecular flexibility index (Phi) is 4.54. The molecule has 2 aromatic rings. The number of furan rings is 1. The van der Waals surface area contributed by atoms with Gasteiger partial charge in [-0.3, -0.25) is 9.69 Å². The summed E-state index contributed by atoms with van der Waals surface area (Å²) in [6.45, 7) is 6.85. The van der Waals surface area contributed by atoms with Crippen LogP contribution in [0.25, 0.3) is 0 Å². The molecule has 6 nitrogen and oxygen atoms in total. The molecule has 1 aliphatic rings.